The molecule has 1 heterocycles. The van der Waals surface area contributed by atoms with Crippen LogP contribution < -0.4 is 4.74 Å². The summed E-state index contributed by atoms with van der Waals surface area (Å²) in [6.07, 6.45) is 2.65. The van der Waals surface area contributed by atoms with E-state index in [0.29, 0.717) is 24.7 Å². The minimum absolute atomic E-state index is 0.223. The molecule has 0 N–H and O–H groups in total. The SMILES string of the molecule is CCOC(=O)c1ccc(OCCC2CCN(C(=O)OC(C)(C)C)CC2)cc1. The van der Waals surface area contributed by atoms with Gasteiger partial charge in [-0.15, -0.1) is 0 Å². The molecule has 27 heavy (non-hydrogen) atoms. The lowest BCUT2D eigenvalue weighted by atomic mass is 9.94. The lowest BCUT2D eigenvalue weighted by Gasteiger charge is -2.33. The fourth-order valence-electron chi connectivity index (χ4n) is 2.98. The molecule has 0 radical (unpaired) electrons. The number of benzene rings is 1. The summed E-state index contributed by atoms with van der Waals surface area (Å²) in [7, 11) is 0. The van der Waals surface area contributed by atoms with Crippen molar-refractivity contribution in [2.45, 2.75) is 52.6 Å². The van der Waals surface area contributed by atoms with Gasteiger partial charge in [-0.25, -0.2) is 9.59 Å². The zero-order valence-corrected chi connectivity index (χ0v) is 16.8. The van der Waals surface area contributed by atoms with E-state index in [1.807, 2.05) is 20.8 Å². The minimum atomic E-state index is -0.454. The highest BCUT2D eigenvalue weighted by Crippen LogP contribution is 2.23. The maximum atomic E-state index is 12.1. The number of rotatable bonds is 6. The summed E-state index contributed by atoms with van der Waals surface area (Å²) in [5.74, 6) is 0.970. The lowest BCUT2D eigenvalue weighted by molar-refractivity contribution is 0.0177. The molecule has 6 heteroatoms. The van der Waals surface area contributed by atoms with Gasteiger partial charge in [0.15, 0.2) is 0 Å². The normalized spacial score (nSPS) is 15.3. The number of likely N-dealkylation sites (tertiary alicyclic amines) is 1. The van der Waals surface area contributed by atoms with Gasteiger partial charge in [0.2, 0.25) is 0 Å². The van der Waals surface area contributed by atoms with E-state index in [-0.39, 0.29) is 12.1 Å². The van der Waals surface area contributed by atoms with Gasteiger partial charge in [-0.05, 0) is 77.1 Å². The maximum Gasteiger partial charge on any atom is 0.410 e. The smallest absolute Gasteiger partial charge is 0.410 e. The Balaban J connectivity index is 1.68. The summed E-state index contributed by atoms with van der Waals surface area (Å²) in [4.78, 5) is 25.5. The topological polar surface area (TPSA) is 65.1 Å². The van der Waals surface area contributed by atoms with Crippen LogP contribution in [0, 0.1) is 5.92 Å². The molecular weight excluding hydrogens is 346 g/mol. The van der Waals surface area contributed by atoms with Gasteiger partial charge in [0.1, 0.15) is 11.4 Å². The van der Waals surface area contributed by atoms with Gasteiger partial charge in [-0.1, -0.05) is 0 Å². The third-order valence-corrected chi connectivity index (χ3v) is 4.43. The molecule has 6 nitrogen and oxygen atoms in total. The van der Waals surface area contributed by atoms with Crippen molar-refractivity contribution in [1.82, 2.24) is 4.90 Å². The van der Waals surface area contributed by atoms with Gasteiger partial charge in [-0.3, -0.25) is 0 Å². The van der Waals surface area contributed by atoms with Crippen LogP contribution in [0.15, 0.2) is 24.3 Å². The van der Waals surface area contributed by atoms with E-state index >= 15 is 0 Å². The summed E-state index contributed by atoms with van der Waals surface area (Å²) >= 11 is 0. The largest absolute Gasteiger partial charge is 0.494 e. The van der Waals surface area contributed by atoms with Gasteiger partial charge < -0.3 is 19.1 Å². The molecule has 1 aliphatic rings. The molecule has 0 aliphatic carbocycles. The molecule has 1 amide bonds. The van der Waals surface area contributed by atoms with E-state index < -0.39 is 5.60 Å². The highest BCUT2D eigenvalue weighted by atomic mass is 16.6. The molecule has 0 aromatic heterocycles. The summed E-state index contributed by atoms with van der Waals surface area (Å²) < 4.78 is 16.2. The maximum absolute atomic E-state index is 12.1. The third kappa shape index (κ3) is 7.12. The Labute approximate surface area is 161 Å². The van der Waals surface area contributed by atoms with E-state index in [9.17, 15) is 9.59 Å². The molecule has 150 valence electrons. The number of hydrogen-bond donors (Lipinski definition) is 0. The fraction of sp³-hybridized carbons (Fsp3) is 0.619. The predicted molar refractivity (Wildman–Crippen MR) is 103 cm³/mol. The second kappa shape index (κ2) is 9.62. The highest BCUT2D eigenvalue weighted by molar-refractivity contribution is 5.89. The Morgan fingerprint density at radius 2 is 1.74 bits per heavy atom. The summed E-state index contributed by atoms with van der Waals surface area (Å²) in [5, 5.41) is 0. The van der Waals surface area contributed by atoms with Crippen molar-refractivity contribution in [2.24, 2.45) is 5.92 Å². The molecule has 0 saturated carbocycles. The van der Waals surface area contributed by atoms with Crippen molar-refractivity contribution in [3.05, 3.63) is 29.8 Å². The number of carbonyl (C=O) groups is 2. The van der Waals surface area contributed by atoms with Crippen LogP contribution in [-0.2, 0) is 9.47 Å². The van der Waals surface area contributed by atoms with Gasteiger partial charge in [-0.2, -0.15) is 0 Å². The van der Waals surface area contributed by atoms with E-state index in [0.717, 1.165) is 38.1 Å². The zero-order valence-electron chi connectivity index (χ0n) is 16.8. The number of esters is 1. The molecule has 2 rings (SSSR count). The first kappa shape index (κ1) is 21.1. The number of amides is 1. The first-order valence-corrected chi connectivity index (χ1v) is 9.66. The average molecular weight is 377 g/mol. The standard InChI is InChI=1S/C21H31NO5/c1-5-25-19(23)17-6-8-18(9-7-17)26-15-12-16-10-13-22(14-11-16)20(24)27-21(2,3)4/h6-9,16H,5,10-15H2,1-4H3. The summed E-state index contributed by atoms with van der Waals surface area (Å²) in [5.41, 5.74) is 0.0728. The van der Waals surface area contributed by atoms with Crippen LogP contribution in [-0.4, -0.2) is 48.9 Å². The Hall–Kier alpha value is -2.24. The Kier molecular flexibility index (Phi) is 7.51. The molecular formula is C21H31NO5. The van der Waals surface area contributed by atoms with Gasteiger partial charge in [0.25, 0.3) is 0 Å². The fourth-order valence-corrected chi connectivity index (χ4v) is 2.98. The zero-order chi connectivity index (χ0) is 19.9. The summed E-state index contributed by atoms with van der Waals surface area (Å²) in [6.45, 7) is 9.88. The number of carbonyl (C=O) groups excluding carboxylic acids is 2. The van der Waals surface area contributed by atoms with Crippen LogP contribution in [0.5, 0.6) is 5.75 Å². The van der Waals surface area contributed by atoms with Crippen LogP contribution in [0.1, 0.15) is 57.3 Å². The summed E-state index contributed by atoms with van der Waals surface area (Å²) in [6, 6.07) is 7.01. The second-order valence-electron chi connectivity index (χ2n) is 7.79. The van der Waals surface area contributed by atoms with Crippen molar-refractivity contribution in [3.63, 3.8) is 0 Å². The molecule has 0 unspecified atom stereocenters. The second-order valence-corrected chi connectivity index (χ2v) is 7.79. The average Bonchev–Trinajstić information content (AvgIpc) is 2.61. The van der Waals surface area contributed by atoms with Gasteiger partial charge in [0.05, 0.1) is 18.8 Å². The molecule has 1 aromatic rings. The quantitative estimate of drug-likeness (QED) is 0.692. The van der Waals surface area contributed by atoms with E-state index in [4.69, 9.17) is 14.2 Å². The van der Waals surface area contributed by atoms with Crippen molar-refractivity contribution in [1.29, 1.82) is 0 Å². The lowest BCUT2D eigenvalue weighted by Crippen LogP contribution is -2.41. The van der Waals surface area contributed by atoms with Gasteiger partial charge in [0, 0.05) is 13.1 Å². The van der Waals surface area contributed by atoms with Crippen LogP contribution in [0.3, 0.4) is 0 Å². The van der Waals surface area contributed by atoms with Crippen LogP contribution in [0.4, 0.5) is 4.79 Å². The van der Waals surface area contributed by atoms with Crippen LogP contribution in [0.25, 0.3) is 0 Å². The molecule has 0 atom stereocenters. The van der Waals surface area contributed by atoms with Crippen LogP contribution >= 0.6 is 0 Å². The Bertz CT molecular complexity index is 612. The van der Waals surface area contributed by atoms with E-state index in [2.05, 4.69) is 0 Å². The number of piperidine rings is 1. The number of hydrogen-bond acceptors (Lipinski definition) is 5. The number of nitrogens with zero attached hydrogens (tertiary/aromatic N) is 1. The monoisotopic (exact) mass is 377 g/mol. The first-order chi connectivity index (χ1) is 12.8. The first-order valence-electron chi connectivity index (χ1n) is 9.66. The highest BCUT2D eigenvalue weighted by Gasteiger charge is 2.26. The number of ether oxygens (including phenoxy) is 3. The molecule has 1 aromatic carbocycles. The van der Waals surface area contributed by atoms with Gasteiger partial charge >= 0.3 is 12.1 Å². The molecule has 1 saturated heterocycles. The van der Waals surface area contributed by atoms with Crippen molar-refractivity contribution in [3.8, 4) is 5.75 Å². The van der Waals surface area contributed by atoms with Crippen molar-refractivity contribution >= 4 is 12.1 Å². The minimum Gasteiger partial charge on any atom is -0.494 e. The van der Waals surface area contributed by atoms with Crippen molar-refractivity contribution in [2.75, 3.05) is 26.3 Å². The Morgan fingerprint density at radius 1 is 1.11 bits per heavy atom. The molecule has 1 fully saturated rings. The Morgan fingerprint density at radius 3 is 2.30 bits per heavy atom. The van der Waals surface area contributed by atoms with E-state index in [1.165, 1.54) is 0 Å². The van der Waals surface area contributed by atoms with Crippen LogP contribution in [0.2, 0.25) is 0 Å². The predicted octanol–water partition coefficient (Wildman–Crippen LogP) is 4.28. The van der Waals surface area contributed by atoms with E-state index in [1.54, 1.807) is 36.1 Å². The molecule has 0 spiro atoms. The molecule has 1 aliphatic heterocycles. The third-order valence-electron chi connectivity index (χ3n) is 4.43. The van der Waals surface area contributed by atoms with Crippen molar-refractivity contribution < 1.29 is 23.8 Å². The molecule has 0 bridgehead atoms.